The average Bonchev–Trinajstić information content (AvgIpc) is 3.41. The van der Waals surface area contributed by atoms with E-state index in [1.54, 1.807) is 12.1 Å². The van der Waals surface area contributed by atoms with Crippen LogP contribution in [0, 0.1) is 28.6 Å². The summed E-state index contributed by atoms with van der Waals surface area (Å²) in [6.07, 6.45) is 2.41. The highest BCUT2D eigenvalue weighted by molar-refractivity contribution is 5.80. The van der Waals surface area contributed by atoms with Crippen LogP contribution >= 0.6 is 0 Å². The smallest absolute Gasteiger partial charge is 0.396 e. The van der Waals surface area contributed by atoms with E-state index in [2.05, 4.69) is 0 Å². The van der Waals surface area contributed by atoms with Crippen LogP contribution in [0.3, 0.4) is 0 Å². The first-order valence-electron chi connectivity index (χ1n) is 10.7. The maximum absolute atomic E-state index is 13.3. The molecule has 1 aliphatic carbocycles. The molecular weight excluding hydrogens is 407 g/mol. The number of nitrogens with zero attached hydrogens (tertiary/aromatic N) is 3. The third-order valence-corrected chi connectivity index (χ3v) is 7.26. The lowest BCUT2D eigenvalue weighted by Crippen LogP contribution is -2.45. The minimum Gasteiger partial charge on any atom is -0.396 e. The summed E-state index contributed by atoms with van der Waals surface area (Å²) in [6.45, 7) is 2.24. The van der Waals surface area contributed by atoms with Gasteiger partial charge in [-0.15, -0.1) is 0 Å². The standard InChI is InChI=1S/C23H26F3N3O2/c24-23(25,26)20-11-19(6-5-17(20)12-27)28-9-7-22(8-10-28)15-29(13-18(22)14-30)21(31)16-3-1-2-4-16/h1-2,5-6,11,16,18,30H,3-4,7-10,13-15H2. The number of hydrogen-bond donors (Lipinski definition) is 1. The Morgan fingerprint density at radius 2 is 1.90 bits per heavy atom. The summed E-state index contributed by atoms with van der Waals surface area (Å²) in [5.74, 6) is 0.123. The van der Waals surface area contributed by atoms with E-state index in [1.807, 2.05) is 22.0 Å². The number of hydrogen-bond acceptors (Lipinski definition) is 4. The summed E-state index contributed by atoms with van der Waals surface area (Å²) in [4.78, 5) is 16.7. The highest BCUT2D eigenvalue weighted by Gasteiger charge is 2.49. The second-order valence-electron chi connectivity index (χ2n) is 8.93. The molecule has 1 atom stereocenters. The van der Waals surface area contributed by atoms with Crippen LogP contribution in [0.5, 0.6) is 0 Å². The second kappa shape index (κ2) is 8.19. The van der Waals surface area contributed by atoms with Crippen molar-refractivity contribution in [2.24, 2.45) is 17.3 Å². The minimum absolute atomic E-state index is 0.00177. The van der Waals surface area contributed by atoms with Gasteiger partial charge in [-0.2, -0.15) is 18.4 Å². The number of amides is 1. The minimum atomic E-state index is -4.58. The molecule has 1 unspecified atom stereocenters. The predicted octanol–water partition coefficient (Wildman–Crippen LogP) is 3.58. The maximum atomic E-state index is 13.3. The van der Waals surface area contributed by atoms with Crippen LogP contribution < -0.4 is 4.90 Å². The Hall–Kier alpha value is -2.53. The Kier molecular flexibility index (Phi) is 5.73. The Balaban J connectivity index is 1.47. The van der Waals surface area contributed by atoms with Crippen molar-refractivity contribution in [3.05, 3.63) is 41.5 Å². The Morgan fingerprint density at radius 1 is 1.23 bits per heavy atom. The number of carbonyl (C=O) groups is 1. The third-order valence-electron chi connectivity index (χ3n) is 7.26. The zero-order chi connectivity index (χ0) is 22.2. The van der Waals surface area contributed by atoms with E-state index < -0.39 is 11.7 Å². The van der Waals surface area contributed by atoms with E-state index in [4.69, 9.17) is 5.26 Å². The molecular formula is C23H26F3N3O2. The predicted molar refractivity (Wildman–Crippen MR) is 109 cm³/mol. The van der Waals surface area contributed by atoms with Crippen molar-refractivity contribution in [3.63, 3.8) is 0 Å². The number of nitriles is 1. The molecule has 1 spiro atoms. The molecule has 1 aromatic carbocycles. The normalized spacial score (nSPS) is 23.5. The SMILES string of the molecule is N#Cc1ccc(N2CCC3(CC2)CN(C(=O)C2CC=CC2)CC3CO)cc1C(F)(F)F. The van der Waals surface area contributed by atoms with Crippen LogP contribution in [0.2, 0.25) is 0 Å². The molecule has 1 aromatic rings. The molecule has 2 aliphatic heterocycles. The first-order valence-corrected chi connectivity index (χ1v) is 10.7. The Labute approximate surface area is 179 Å². The van der Waals surface area contributed by atoms with Gasteiger partial charge in [0.25, 0.3) is 0 Å². The second-order valence-corrected chi connectivity index (χ2v) is 8.93. The zero-order valence-electron chi connectivity index (χ0n) is 17.2. The Morgan fingerprint density at radius 3 is 2.48 bits per heavy atom. The molecule has 8 heteroatoms. The van der Waals surface area contributed by atoms with E-state index in [0.29, 0.717) is 44.7 Å². The maximum Gasteiger partial charge on any atom is 0.417 e. The summed E-state index contributed by atoms with van der Waals surface area (Å²) in [5.41, 5.74) is -1.04. The molecule has 0 bridgehead atoms. The molecule has 4 rings (SSSR count). The van der Waals surface area contributed by atoms with Crippen molar-refractivity contribution in [2.75, 3.05) is 37.7 Å². The van der Waals surface area contributed by atoms with Crippen LogP contribution in [0.25, 0.3) is 0 Å². The van der Waals surface area contributed by atoms with Gasteiger partial charge in [0.1, 0.15) is 0 Å². The number of likely N-dealkylation sites (tertiary alicyclic amines) is 1. The summed E-state index contributed by atoms with van der Waals surface area (Å²) in [6, 6.07) is 5.46. The zero-order valence-corrected chi connectivity index (χ0v) is 17.2. The molecule has 0 aromatic heterocycles. The molecule has 166 valence electrons. The van der Waals surface area contributed by atoms with E-state index in [1.165, 1.54) is 6.07 Å². The van der Waals surface area contributed by atoms with E-state index >= 15 is 0 Å². The lowest BCUT2D eigenvalue weighted by molar-refractivity contribution is -0.137. The van der Waals surface area contributed by atoms with Gasteiger partial charge in [-0.3, -0.25) is 4.79 Å². The first-order chi connectivity index (χ1) is 14.8. The molecule has 31 heavy (non-hydrogen) atoms. The molecule has 2 heterocycles. The van der Waals surface area contributed by atoms with Gasteiger partial charge in [0.2, 0.25) is 5.91 Å². The summed E-state index contributed by atoms with van der Waals surface area (Å²) in [5, 5.41) is 19.0. The average molecular weight is 433 g/mol. The van der Waals surface area contributed by atoms with Crippen molar-refractivity contribution in [1.82, 2.24) is 4.90 Å². The lowest BCUT2D eigenvalue weighted by atomic mass is 9.71. The van der Waals surface area contributed by atoms with Gasteiger partial charge in [-0.05, 0) is 49.3 Å². The number of aliphatic hydroxyl groups excluding tert-OH is 1. The fraction of sp³-hybridized carbons (Fsp3) is 0.565. The number of piperidine rings is 1. The molecule has 2 saturated heterocycles. The van der Waals surface area contributed by atoms with Crippen molar-refractivity contribution < 1.29 is 23.1 Å². The summed E-state index contributed by atoms with van der Waals surface area (Å²) in [7, 11) is 0. The fourth-order valence-electron chi connectivity index (χ4n) is 5.37. The van der Waals surface area contributed by atoms with Crippen LogP contribution in [0.15, 0.2) is 30.4 Å². The van der Waals surface area contributed by atoms with Crippen LogP contribution in [0.1, 0.15) is 36.8 Å². The van der Waals surface area contributed by atoms with Crippen molar-refractivity contribution in [1.29, 1.82) is 5.26 Å². The molecule has 1 amide bonds. The number of anilines is 1. The number of benzene rings is 1. The third kappa shape index (κ3) is 4.03. The van der Waals surface area contributed by atoms with Crippen LogP contribution in [-0.2, 0) is 11.0 Å². The molecule has 5 nitrogen and oxygen atoms in total. The highest BCUT2D eigenvalue weighted by atomic mass is 19.4. The summed E-state index contributed by atoms with van der Waals surface area (Å²) < 4.78 is 40.0. The fourth-order valence-corrected chi connectivity index (χ4v) is 5.37. The Bertz CT molecular complexity index is 906. The van der Waals surface area contributed by atoms with Crippen LogP contribution in [-0.4, -0.2) is 48.7 Å². The topological polar surface area (TPSA) is 67.6 Å². The van der Waals surface area contributed by atoms with Crippen LogP contribution in [0.4, 0.5) is 18.9 Å². The van der Waals surface area contributed by atoms with Gasteiger partial charge in [-0.1, -0.05) is 12.2 Å². The molecule has 0 saturated carbocycles. The quantitative estimate of drug-likeness (QED) is 0.740. The van der Waals surface area contributed by atoms with Gasteiger partial charge in [0.15, 0.2) is 0 Å². The first kappa shape index (κ1) is 21.7. The number of aliphatic hydroxyl groups is 1. The number of halogens is 3. The van der Waals surface area contributed by atoms with E-state index in [9.17, 15) is 23.1 Å². The van der Waals surface area contributed by atoms with Crippen molar-refractivity contribution >= 4 is 11.6 Å². The van der Waals surface area contributed by atoms with Gasteiger partial charge < -0.3 is 14.9 Å². The highest BCUT2D eigenvalue weighted by Crippen LogP contribution is 2.46. The number of rotatable bonds is 3. The van der Waals surface area contributed by atoms with Gasteiger partial charge in [0.05, 0.1) is 17.2 Å². The number of carbonyl (C=O) groups excluding carboxylic acids is 1. The largest absolute Gasteiger partial charge is 0.417 e. The molecule has 2 fully saturated rings. The van der Waals surface area contributed by atoms with Crippen molar-refractivity contribution in [2.45, 2.75) is 31.9 Å². The molecule has 3 aliphatic rings. The van der Waals surface area contributed by atoms with Gasteiger partial charge in [0, 0.05) is 50.3 Å². The number of allylic oxidation sites excluding steroid dienone is 2. The van der Waals surface area contributed by atoms with Gasteiger partial charge in [-0.25, -0.2) is 0 Å². The molecule has 1 N–H and O–H groups in total. The summed E-state index contributed by atoms with van der Waals surface area (Å²) >= 11 is 0. The van der Waals surface area contributed by atoms with E-state index in [0.717, 1.165) is 18.9 Å². The van der Waals surface area contributed by atoms with Gasteiger partial charge >= 0.3 is 6.18 Å². The van der Waals surface area contributed by atoms with E-state index in [-0.39, 0.29) is 35.3 Å². The lowest BCUT2D eigenvalue weighted by Gasteiger charge is -2.43. The van der Waals surface area contributed by atoms with Crippen molar-refractivity contribution in [3.8, 4) is 6.07 Å². The number of alkyl halides is 3. The molecule has 0 radical (unpaired) electrons. The monoisotopic (exact) mass is 433 g/mol.